The van der Waals surface area contributed by atoms with Crippen molar-refractivity contribution < 1.29 is 19.5 Å². The molecule has 1 aromatic carbocycles. The maximum atomic E-state index is 13.3. The van der Waals surface area contributed by atoms with Gasteiger partial charge in [0.25, 0.3) is 0 Å². The van der Waals surface area contributed by atoms with Gasteiger partial charge in [-0.15, -0.1) is 0 Å². The van der Waals surface area contributed by atoms with Crippen LogP contribution in [0.2, 0.25) is 0 Å². The van der Waals surface area contributed by atoms with E-state index in [1.165, 1.54) is 12.8 Å². The molecule has 0 aromatic heterocycles. The lowest BCUT2D eigenvalue weighted by atomic mass is 10.0. The van der Waals surface area contributed by atoms with Gasteiger partial charge in [0.15, 0.2) is 0 Å². The standard InChI is InChI=1S/C27H41N3O4/c31-20-22-15-10-5-3-1-2-4-6-11-17-25(32)29-23(27(34)28-22)19-26(33)30-18-12-16-24(30)21-13-8-7-9-14-21/h7-9,13-14,22-24,31H,1-6,10-12,15-20H2,(H,28,34)(H,29,32)/t22-,23-,24+/m0/s1. The molecule has 3 N–H and O–H groups in total. The van der Waals surface area contributed by atoms with Gasteiger partial charge in [0.1, 0.15) is 6.04 Å². The lowest BCUT2D eigenvalue weighted by Gasteiger charge is -2.28. The largest absolute Gasteiger partial charge is 0.394 e. The van der Waals surface area contributed by atoms with Crippen LogP contribution in [-0.2, 0) is 14.4 Å². The summed E-state index contributed by atoms with van der Waals surface area (Å²) in [5, 5.41) is 15.5. The summed E-state index contributed by atoms with van der Waals surface area (Å²) >= 11 is 0. The highest BCUT2D eigenvalue weighted by Gasteiger charge is 2.33. The summed E-state index contributed by atoms with van der Waals surface area (Å²) in [4.78, 5) is 40.9. The van der Waals surface area contributed by atoms with Gasteiger partial charge in [0.2, 0.25) is 17.7 Å². The van der Waals surface area contributed by atoms with Crippen LogP contribution in [0.5, 0.6) is 0 Å². The lowest BCUT2D eigenvalue weighted by Crippen LogP contribution is -2.52. The number of likely N-dealkylation sites (tertiary alicyclic amines) is 1. The van der Waals surface area contributed by atoms with Crippen LogP contribution in [0.1, 0.15) is 95.1 Å². The first-order valence-corrected chi connectivity index (χ1v) is 13.1. The molecule has 0 spiro atoms. The van der Waals surface area contributed by atoms with Crippen molar-refractivity contribution in [2.24, 2.45) is 0 Å². The second-order valence-corrected chi connectivity index (χ2v) is 9.74. The van der Waals surface area contributed by atoms with Crippen molar-refractivity contribution in [2.75, 3.05) is 13.2 Å². The second-order valence-electron chi connectivity index (χ2n) is 9.74. The molecule has 2 aliphatic heterocycles. The smallest absolute Gasteiger partial charge is 0.243 e. The fourth-order valence-electron chi connectivity index (χ4n) is 5.10. The Morgan fingerprint density at radius 1 is 0.882 bits per heavy atom. The van der Waals surface area contributed by atoms with Gasteiger partial charge < -0.3 is 20.6 Å². The first-order chi connectivity index (χ1) is 16.6. The molecule has 2 fully saturated rings. The molecule has 1 aromatic rings. The van der Waals surface area contributed by atoms with E-state index in [0.717, 1.165) is 56.9 Å². The topological polar surface area (TPSA) is 98.7 Å². The number of rotatable bonds is 4. The SMILES string of the molecule is O=C1CCCCCCCCCC[C@@H](CO)NC(=O)[C@H](CC(=O)N2CCC[C@@H]2c2ccccc2)N1. The molecule has 188 valence electrons. The van der Waals surface area contributed by atoms with Crippen molar-refractivity contribution in [2.45, 2.75) is 102 Å². The molecule has 0 bridgehead atoms. The van der Waals surface area contributed by atoms with Crippen molar-refractivity contribution >= 4 is 17.7 Å². The fourth-order valence-corrected chi connectivity index (χ4v) is 5.10. The zero-order chi connectivity index (χ0) is 24.2. The van der Waals surface area contributed by atoms with Gasteiger partial charge in [0, 0.05) is 13.0 Å². The molecule has 7 nitrogen and oxygen atoms in total. The van der Waals surface area contributed by atoms with Crippen LogP contribution in [0.25, 0.3) is 0 Å². The van der Waals surface area contributed by atoms with Crippen LogP contribution >= 0.6 is 0 Å². The maximum Gasteiger partial charge on any atom is 0.243 e. The monoisotopic (exact) mass is 471 g/mol. The number of nitrogens with zero attached hydrogens (tertiary/aromatic N) is 1. The predicted molar refractivity (Wildman–Crippen MR) is 132 cm³/mol. The Labute approximate surface area is 203 Å². The number of carbonyl (C=O) groups excluding carboxylic acids is 3. The molecule has 7 heteroatoms. The van der Waals surface area contributed by atoms with Gasteiger partial charge >= 0.3 is 0 Å². The molecule has 3 amide bonds. The first-order valence-electron chi connectivity index (χ1n) is 13.1. The summed E-state index contributed by atoms with van der Waals surface area (Å²) in [5.41, 5.74) is 1.10. The molecular weight excluding hydrogens is 430 g/mol. The Morgan fingerprint density at radius 3 is 2.26 bits per heavy atom. The number of aliphatic hydroxyl groups excluding tert-OH is 1. The van der Waals surface area contributed by atoms with Crippen molar-refractivity contribution in [3.05, 3.63) is 35.9 Å². The van der Waals surface area contributed by atoms with E-state index in [2.05, 4.69) is 10.6 Å². The maximum absolute atomic E-state index is 13.3. The van der Waals surface area contributed by atoms with E-state index in [9.17, 15) is 19.5 Å². The van der Waals surface area contributed by atoms with Gasteiger partial charge in [-0.25, -0.2) is 0 Å². The number of amides is 3. The van der Waals surface area contributed by atoms with E-state index >= 15 is 0 Å². The number of nitrogens with one attached hydrogen (secondary N) is 2. The fraction of sp³-hybridized carbons (Fsp3) is 0.667. The van der Waals surface area contributed by atoms with Gasteiger partial charge in [-0.05, 0) is 31.2 Å². The highest BCUT2D eigenvalue weighted by Crippen LogP contribution is 2.32. The van der Waals surface area contributed by atoms with Crippen LogP contribution in [0, 0.1) is 0 Å². The first kappa shape index (κ1) is 26.2. The predicted octanol–water partition coefficient (Wildman–Crippen LogP) is 3.62. The van der Waals surface area contributed by atoms with Crippen molar-refractivity contribution in [3.63, 3.8) is 0 Å². The third-order valence-electron chi connectivity index (χ3n) is 7.06. The molecule has 2 heterocycles. The summed E-state index contributed by atoms with van der Waals surface area (Å²) < 4.78 is 0. The van der Waals surface area contributed by atoms with Gasteiger partial charge in [0.05, 0.1) is 25.1 Å². The summed E-state index contributed by atoms with van der Waals surface area (Å²) in [7, 11) is 0. The lowest BCUT2D eigenvalue weighted by molar-refractivity contribution is -0.137. The van der Waals surface area contributed by atoms with Crippen LogP contribution in [0.3, 0.4) is 0 Å². The van der Waals surface area contributed by atoms with Crippen LogP contribution in [0.4, 0.5) is 0 Å². The van der Waals surface area contributed by atoms with E-state index in [4.69, 9.17) is 0 Å². The van der Waals surface area contributed by atoms with Crippen molar-refractivity contribution in [3.8, 4) is 0 Å². The molecule has 0 unspecified atom stereocenters. The molecular formula is C27H41N3O4. The third kappa shape index (κ3) is 8.12. The minimum Gasteiger partial charge on any atom is -0.394 e. The molecule has 2 saturated heterocycles. The van der Waals surface area contributed by atoms with Crippen molar-refractivity contribution in [1.29, 1.82) is 0 Å². The normalized spacial score (nSPS) is 26.0. The number of carbonyl (C=O) groups is 3. The van der Waals surface area contributed by atoms with E-state index in [1.807, 2.05) is 35.2 Å². The number of hydrogen-bond acceptors (Lipinski definition) is 4. The molecule has 0 aliphatic carbocycles. The summed E-state index contributed by atoms with van der Waals surface area (Å²) in [5.74, 6) is -0.702. The van der Waals surface area contributed by atoms with Gasteiger partial charge in [-0.1, -0.05) is 75.3 Å². The minimum atomic E-state index is -0.932. The van der Waals surface area contributed by atoms with E-state index in [0.29, 0.717) is 19.4 Å². The third-order valence-corrected chi connectivity index (χ3v) is 7.06. The molecule has 3 rings (SSSR count). The Bertz CT molecular complexity index is 785. The zero-order valence-electron chi connectivity index (χ0n) is 20.3. The number of aliphatic hydroxyl groups is 1. The average Bonchev–Trinajstić information content (AvgIpc) is 3.34. The molecule has 3 atom stereocenters. The van der Waals surface area contributed by atoms with Crippen LogP contribution in [0.15, 0.2) is 30.3 Å². The van der Waals surface area contributed by atoms with E-state index in [-0.39, 0.29) is 42.8 Å². The molecule has 34 heavy (non-hydrogen) atoms. The summed E-state index contributed by atoms with van der Waals surface area (Å²) in [6, 6.07) is 8.68. The van der Waals surface area contributed by atoms with E-state index in [1.54, 1.807) is 0 Å². The second kappa shape index (κ2) is 14.1. The van der Waals surface area contributed by atoms with Crippen LogP contribution in [-0.4, -0.2) is 53.0 Å². The Hall–Kier alpha value is -2.41. The highest BCUT2D eigenvalue weighted by atomic mass is 16.3. The molecule has 0 radical (unpaired) electrons. The Morgan fingerprint density at radius 2 is 1.56 bits per heavy atom. The average molecular weight is 472 g/mol. The number of benzene rings is 1. The van der Waals surface area contributed by atoms with Gasteiger partial charge in [-0.2, -0.15) is 0 Å². The summed E-state index contributed by atoms with van der Waals surface area (Å²) in [6.45, 7) is 0.502. The zero-order valence-corrected chi connectivity index (χ0v) is 20.3. The van der Waals surface area contributed by atoms with E-state index < -0.39 is 6.04 Å². The number of hydrogen-bond donors (Lipinski definition) is 3. The highest BCUT2D eigenvalue weighted by molar-refractivity contribution is 5.92. The van der Waals surface area contributed by atoms with Crippen LogP contribution < -0.4 is 10.6 Å². The summed E-state index contributed by atoms with van der Waals surface area (Å²) in [6.07, 6.45) is 11.2. The Balaban J connectivity index is 1.68. The molecule has 2 aliphatic rings. The molecule has 0 saturated carbocycles. The quantitative estimate of drug-likeness (QED) is 0.625. The van der Waals surface area contributed by atoms with Gasteiger partial charge in [-0.3, -0.25) is 14.4 Å². The van der Waals surface area contributed by atoms with Crippen molar-refractivity contribution in [1.82, 2.24) is 15.5 Å². The minimum absolute atomic E-state index is 0.00356. The Kier molecular flexibility index (Phi) is 10.9.